The monoisotopic (exact) mass is 665 g/mol. The predicted molar refractivity (Wildman–Crippen MR) is 178 cm³/mol. The highest BCUT2D eigenvalue weighted by atomic mass is 35.5. The molecule has 4 atom stereocenters. The molecule has 8 rings (SSSR count). The van der Waals surface area contributed by atoms with Gasteiger partial charge in [-0.1, -0.05) is 35.9 Å². The number of piperazine rings is 1. The Morgan fingerprint density at radius 2 is 1.80 bits per heavy atom. The van der Waals surface area contributed by atoms with E-state index in [0.717, 1.165) is 56.4 Å². The van der Waals surface area contributed by atoms with Gasteiger partial charge in [0.2, 0.25) is 0 Å². The molecule has 2 N–H and O–H groups in total. The Morgan fingerprint density at radius 1 is 1.04 bits per heavy atom. The number of phenols is 1. The molecule has 1 aromatic heterocycles. The summed E-state index contributed by atoms with van der Waals surface area (Å²) in [6.07, 6.45) is 12.9. The smallest absolute Gasteiger partial charge is 0.319 e. The first kappa shape index (κ1) is 30.1. The number of benzene rings is 2. The normalized spacial score (nSPS) is 26.4. The van der Waals surface area contributed by atoms with Crippen LogP contribution in [-0.2, 0) is 16.3 Å². The van der Waals surface area contributed by atoms with Crippen LogP contribution in [0.2, 0.25) is 5.02 Å². The third-order valence-electron chi connectivity index (χ3n) is 10.2. The van der Waals surface area contributed by atoms with Gasteiger partial charge in [-0.15, -0.1) is 0 Å². The van der Waals surface area contributed by atoms with Gasteiger partial charge in [0.1, 0.15) is 17.1 Å². The van der Waals surface area contributed by atoms with E-state index in [1.807, 2.05) is 24.3 Å². The van der Waals surface area contributed by atoms with E-state index in [9.17, 15) is 13.5 Å². The maximum atomic E-state index is 16.9. The van der Waals surface area contributed by atoms with Crippen LogP contribution in [-0.4, -0.2) is 90.3 Å². The number of aromatic nitrogens is 2. The summed E-state index contributed by atoms with van der Waals surface area (Å²) in [5.41, 5.74) is 2.51. The summed E-state index contributed by atoms with van der Waals surface area (Å²) < 4.78 is 47.4. The number of ether oxygens (including phenoxy) is 1. The summed E-state index contributed by atoms with van der Waals surface area (Å²) in [6, 6.07) is 5.91. The van der Waals surface area contributed by atoms with Gasteiger partial charge >= 0.3 is 6.01 Å². The van der Waals surface area contributed by atoms with Gasteiger partial charge in [-0.2, -0.15) is 9.97 Å². The van der Waals surface area contributed by atoms with Gasteiger partial charge in [0.05, 0.1) is 23.1 Å². The Labute approximate surface area is 273 Å². The van der Waals surface area contributed by atoms with Gasteiger partial charge in [0, 0.05) is 54.8 Å². The molecule has 4 fully saturated rings. The van der Waals surface area contributed by atoms with Crippen molar-refractivity contribution < 1.29 is 22.7 Å². The summed E-state index contributed by atoms with van der Waals surface area (Å²) in [5.74, 6) is 0.510. The Morgan fingerprint density at radius 3 is 2.57 bits per heavy atom. The third kappa shape index (κ3) is 5.55. The van der Waals surface area contributed by atoms with Gasteiger partial charge in [0.15, 0.2) is 15.7 Å². The zero-order valence-corrected chi connectivity index (χ0v) is 27.0. The Bertz CT molecular complexity index is 1850. The molecular formula is C34H37ClFN5O4S. The van der Waals surface area contributed by atoms with Crippen molar-refractivity contribution in [3.05, 3.63) is 58.4 Å². The number of aromatic hydroxyl groups is 1. The molecule has 46 heavy (non-hydrogen) atoms. The molecule has 5 heterocycles. The molecule has 242 valence electrons. The average molecular weight is 666 g/mol. The van der Waals surface area contributed by atoms with E-state index in [-0.39, 0.29) is 51.5 Å². The quantitative estimate of drug-likeness (QED) is 0.341. The van der Waals surface area contributed by atoms with Crippen molar-refractivity contribution in [3.8, 4) is 22.9 Å². The highest BCUT2D eigenvalue weighted by Crippen LogP contribution is 2.43. The molecular weight excluding hydrogens is 629 g/mol. The first-order valence-electron chi connectivity index (χ1n) is 16.2. The lowest BCUT2D eigenvalue weighted by molar-refractivity contribution is 0.183. The number of nitrogens with zero attached hydrogens (tertiary/aromatic N) is 4. The van der Waals surface area contributed by atoms with E-state index in [4.69, 9.17) is 21.3 Å². The zero-order valence-electron chi connectivity index (χ0n) is 25.5. The van der Waals surface area contributed by atoms with Crippen LogP contribution < -0.4 is 15.0 Å². The minimum absolute atomic E-state index is 0.0271. The van der Waals surface area contributed by atoms with Crippen molar-refractivity contribution in [2.45, 2.75) is 62.7 Å². The van der Waals surface area contributed by atoms with Crippen molar-refractivity contribution >= 4 is 44.2 Å². The van der Waals surface area contributed by atoms with Gasteiger partial charge in [-0.3, -0.25) is 4.90 Å². The Hall–Kier alpha value is -3.25. The number of allylic oxidation sites excluding steroid dienone is 3. The first-order valence-corrected chi connectivity index (χ1v) is 18.4. The second-order valence-electron chi connectivity index (χ2n) is 13.3. The van der Waals surface area contributed by atoms with E-state index in [0.29, 0.717) is 48.3 Å². The summed E-state index contributed by atoms with van der Waals surface area (Å²) in [7, 11) is -2.97. The minimum Gasteiger partial charge on any atom is -0.508 e. The average Bonchev–Trinajstić information content (AvgIpc) is 3.36. The van der Waals surface area contributed by atoms with Gasteiger partial charge in [-0.25, -0.2) is 12.8 Å². The Kier molecular flexibility index (Phi) is 7.70. The highest BCUT2D eigenvalue weighted by Gasteiger charge is 2.42. The molecule has 3 aromatic rings. The van der Waals surface area contributed by atoms with Crippen LogP contribution in [0, 0.1) is 5.82 Å². The fourth-order valence-corrected chi connectivity index (χ4v) is 10.5. The van der Waals surface area contributed by atoms with Crippen molar-refractivity contribution in [1.82, 2.24) is 20.2 Å². The molecule has 2 aromatic carbocycles. The molecule has 4 saturated heterocycles. The molecule has 4 unspecified atom stereocenters. The van der Waals surface area contributed by atoms with Crippen molar-refractivity contribution in [1.29, 1.82) is 0 Å². The zero-order chi connectivity index (χ0) is 31.6. The standard InChI is InChI=1S/C34H37ClFN5O4S/c35-29-15-28-32(31(36)30(29)27-14-25(42)13-20-5-2-1-3-6-26(20)27)38-34(39-33(28)40-16-21-7-8-22(17-40)37-21)45-12-4-11-41-23-9-10-24(41)19-46(43,44)18-23/h1-3,5,13-15,21-24,37,42H,4,6-12,16-19H2. The molecule has 5 aliphatic rings. The number of halogens is 2. The second kappa shape index (κ2) is 11.8. The minimum atomic E-state index is -2.97. The number of anilines is 1. The lowest BCUT2D eigenvalue weighted by atomic mass is 9.92. The third-order valence-corrected chi connectivity index (χ3v) is 12.3. The molecule has 0 saturated carbocycles. The molecule has 4 aliphatic heterocycles. The van der Waals surface area contributed by atoms with Crippen molar-refractivity contribution in [2.75, 3.05) is 42.6 Å². The van der Waals surface area contributed by atoms with Gasteiger partial charge < -0.3 is 20.1 Å². The molecule has 4 bridgehead atoms. The van der Waals surface area contributed by atoms with E-state index < -0.39 is 15.7 Å². The maximum absolute atomic E-state index is 16.9. The van der Waals surface area contributed by atoms with E-state index in [2.05, 4.69) is 20.1 Å². The topological polar surface area (TPSA) is 108 Å². The number of sulfone groups is 1. The van der Waals surface area contributed by atoms with Gasteiger partial charge in [0.25, 0.3) is 0 Å². The Balaban J connectivity index is 1.14. The fourth-order valence-electron chi connectivity index (χ4n) is 8.19. The number of rotatable bonds is 7. The number of fused-ring (bicyclic) bond motifs is 6. The SMILES string of the molecule is O=S1(=O)CC2CCC(C1)N2CCCOc1nc(N2CC3CCC(C2)N3)c2cc(Cl)c(-c3cc(O)cc4c3CC=CC=C4)c(F)c2n1. The van der Waals surface area contributed by atoms with Crippen molar-refractivity contribution in [2.24, 2.45) is 0 Å². The summed E-state index contributed by atoms with van der Waals surface area (Å²) in [6.45, 7) is 2.53. The van der Waals surface area contributed by atoms with Crippen LogP contribution in [0.15, 0.2) is 36.4 Å². The summed E-state index contributed by atoms with van der Waals surface area (Å²) in [5, 5.41) is 15.0. The molecule has 1 aliphatic carbocycles. The number of nitrogens with one attached hydrogen (secondary N) is 1. The maximum Gasteiger partial charge on any atom is 0.319 e. The number of hydrogen-bond donors (Lipinski definition) is 2. The van der Waals surface area contributed by atoms with Crippen LogP contribution in [0.3, 0.4) is 0 Å². The number of phenolic OH excluding ortho intramolecular Hbond substituents is 1. The van der Waals surface area contributed by atoms with E-state index >= 15 is 4.39 Å². The highest BCUT2D eigenvalue weighted by molar-refractivity contribution is 7.91. The summed E-state index contributed by atoms with van der Waals surface area (Å²) >= 11 is 6.90. The van der Waals surface area contributed by atoms with Crippen LogP contribution in [0.5, 0.6) is 11.8 Å². The molecule has 0 amide bonds. The fraction of sp³-hybridized carbons (Fsp3) is 0.471. The lowest BCUT2D eigenvalue weighted by Crippen LogP contribution is -2.51. The molecule has 0 spiro atoms. The van der Waals surface area contributed by atoms with E-state index in [1.54, 1.807) is 18.2 Å². The first-order chi connectivity index (χ1) is 22.2. The van der Waals surface area contributed by atoms with Crippen LogP contribution >= 0.6 is 11.6 Å². The van der Waals surface area contributed by atoms with Crippen LogP contribution in [0.1, 0.15) is 43.2 Å². The van der Waals surface area contributed by atoms with E-state index in [1.165, 1.54) is 0 Å². The molecule has 12 heteroatoms. The predicted octanol–water partition coefficient (Wildman–Crippen LogP) is 4.89. The largest absolute Gasteiger partial charge is 0.508 e. The molecule has 0 radical (unpaired) electrons. The number of hydrogen-bond acceptors (Lipinski definition) is 9. The second-order valence-corrected chi connectivity index (χ2v) is 15.8. The summed E-state index contributed by atoms with van der Waals surface area (Å²) in [4.78, 5) is 14.0. The van der Waals surface area contributed by atoms with Crippen LogP contribution in [0.4, 0.5) is 10.2 Å². The van der Waals surface area contributed by atoms with Crippen LogP contribution in [0.25, 0.3) is 28.1 Å². The molecule has 9 nitrogen and oxygen atoms in total. The van der Waals surface area contributed by atoms with Gasteiger partial charge in [-0.05, 0) is 73.4 Å². The lowest BCUT2D eigenvalue weighted by Gasteiger charge is -2.34. The van der Waals surface area contributed by atoms with Crippen molar-refractivity contribution in [3.63, 3.8) is 0 Å².